The predicted octanol–water partition coefficient (Wildman–Crippen LogP) is 6.62. The zero-order valence-corrected chi connectivity index (χ0v) is 45.9. The van der Waals surface area contributed by atoms with Crippen LogP contribution in [0.4, 0.5) is 0 Å². The lowest BCUT2D eigenvalue weighted by Gasteiger charge is -2.21. The van der Waals surface area contributed by atoms with Gasteiger partial charge in [0, 0.05) is 91.2 Å². The van der Waals surface area contributed by atoms with Gasteiger partial charge >= 0.3 is 11.9 Å². The Hall–Kier alpha value is -5.12. The third-order valence-electron chi connectivity index (χ3n) is 13.0. The molecule has 1 rings (SSSR count). The van der Waals surface area contributed by atoms with E-state index in [1.165, 1.54) is 38.5 Å². The van der Waals surface area contributed by atoms with E-state index in [2.05, 4.69) is 25.9 Å². The van der Waals surface area contributed by atoms with E-state index in [4.69, 9.17) is 29.8 Å². The van der Waals surface area contributed by atoms with Gasteiger partial charge < -0.3 is 55.8 Å². The zero-order valence-electron chi connectivity index (χ0n) is 45.9. The van der Waals surface area contributed by atoms with Crippen LogP contribution in [-0.4, -0.2) is 145 Å². The van der Waals surface area contributed by atoms with Gasteiger partial charge in [-0.15, -0.1) is 0 Å². The van der Waals surface area contributed by atoms with Crippen LogP contribution < -0.4 is 21.7 Å². The van der Waals surface area contributed by atoms with Crippen LogP contribution in [-0.2, 0) is 68.5 Å². The Bertz CT molecular complexity index is 1790. The average Bonchev–Trinajstić information content (AvgIpc) is 3.90. The number of ether oxygens (including phenoxy) is 4. The monoisotopic (exact) mass is 1080 g/mol. The average molecular weight is 1080 g/mol. The summed E-state index contributed by atoms with van der Waals surface area (Å²) in [6, 6.07) is -1.12. The number of imidazole rings is 1. The molecule has 76 heavy (non-hydrogen) atoms. The molecule has 0 saturated heterocycles. The Kier molecular flexibility index (Phi) is 41.7. The van der Waals surface area contributed by atoms with Crippen LogP contribution >= 0.6 is 0 Å². The number of hydrogen-bond acceptors (Lipinski definition) is 14. The third-order valence-corrected chi connectivity index (χ3v) is 13.0. The lowest BCUT2D eigenvalue weighted by Crippen LogP contribution is -2.41. The van der Waals surface area contributed by atoms with Gasteiger partial charge in [-0.3, -0.25) is 38.4 Å². The molecule has 1 aromatic heterocycles. The minimum Gasteiger partial charge on any atom is -0.481 e. The zero-order chi connectivity index (χ0) is 56.0. The highest BCUT2D eigenvalue weighted by Gasteiger charge is 2.29. The van der Waals surface area contributed by atoms with Crippen LogP contribution in [0.15, 0.2) is 12.5 Å². The second-order valence-corrected chi connectivity index (χ2v) is 19.9. The molecule has 21 heteroatoms. The van der Waals surface area contributed by atoms with E-state index < -0.39 is 35.7 Å². The number of Topliss-reactive ketones (excluding diaryl/α,β-unsaturated/α-hetero) is 3. The van der Waals surface area contributed by atoms with Gasteiger partial charge in [0.25, 0.3) is 0 Å². The van der Waals surface area contributed by atoms with Gasteiger partial charge in [0.2, 0.25) is 23.6 Å². The van der Waals surface area contributed by atoms with Crippen LogP contribution in [0.2, 0.25) is 0 Å². The molecule has 1 heterocycles. The number of carboxylic acid groups (broad SMARTS) is 2. The Balaban J connectivity index is 0. The number of carbonyl (C=O) groups excluding carboxylic acids is 7. The molecule has 0 fully saturated rings. The summed E-state index contributed by atoms with van der Waals surface area (Å²) >= 11 is 0. The number of ketones is 3. The number of rotatable bonds is 54. The molecule has 21 nitrogen and oxygen atoms in total. The molecule has 438 valence electrons. The van der Waals surface area contributed by atoms with Gasteiger partial charge in [-0.1, -0.05) is 97.3 Å². The van der Waals surface area contributed by atoms with Crippen molar-refractivity contribution < 1.29 is 75.2 Å². The number of nitrogens with zero attached hydrogens (tertiary/aromatic N) is 1. The van der Waals surface area contributed by atoms with Gasteiger partial charge in [0.15, 0.2) is 0 Å². The lowest BCUT2D eigenvalue weighted by atomic mass is 9.83. The summed E-state index contributed by atoms with van der Waals surface area (Å²) in [5.41, 5.74) is 6.38. The van der Waals surface area contributed by atoms with Gasteiger partial charge in [0.1, 0.15) is 36.6 Å². The largest absolute Gasteiger partial charge is 0.481 e. The fourth-order valence-corrected chi connectivity index (χ4v) is 8.38. The van der Waals surface area contributed by atoms with E-state index in [1.54, 1.807) is 12.5 Å². The number of carboxylic acids is 2. The first-order valence-electron chi connectivity index (χ1n) is 28.0. The molecule has 0 radical (unpaired) electrons. The first-order chi connectivity index (χ1) is 36.6. The normalized spacial score (nSPS) is 12.5. The highest BCUT2D eigenvalue weighted by molar-refractivity contribution is 5.91. The molecule has 0 aliphatic rings. The molecule has 0 spiro atoms. The van der Waals surface area contributed by atoms with Crippen LogP contribution in [0.5, 0.6) is 0 Å². The number of hydrogen-bond donors (Lipinski definition) is 7. The predicted molar refractivity (Wildman–Crippen MR) is 289 cm³/mol. The van der Waals surface area contributed by atoms with Crippen molar-refractivity contribution in [2.24, 2.45) is 23.5 Å². The maximum Gasteiger partial charge on any atom is 0.326 e. The van der Waals surface area contributed by atoms with Crippen molar-refractivity contribution in [2.45, 2.75) is 193 Å². The molecular formula is C55H98N6O15. The number of nitrogens with two attached hydrogens (primary N) is 1. The first-order valence-corrected chi connectivity index (χ1v) is 28.0. The fraction of sp³-hybridized carbons (Fsp3) is 0.782. The number of nitrogens with one attached hydrogen (secondary N) is 4. The Morgan fingerprint density at radius 2 is 1.13 bits per heavy atom. The summed E-state index contributed by atoms with van der Waals surface area (Å²) < 4.78 is 21.6. The summed E-state index contributed by atoms with van der Waals surface area (Å²) in [4.78, 5) is 116. The summed E-state index contributed by atoms with van der Waals surface area (Å²) in [7, 11) is 0. The molecule has 4 amide bonds. The maximum absolute atomic E-state index is 13.2. The van der Waals surface area contributed by atoms with Crippen molar-refractivity contribution >= 4 is 52.9 Å². The summed E-state index contributed by atoms with van der Waals surface area (Å²) in [6.07, 6.45) is 21.9. The van der Waals surface area contributed by atoms with Crippen LogP contribution in [0.1, 0.15) is 189 Å². The maximum atomic E-state index is 13.2. The van der Waals surface area contributed by atoms with Crippen LogP contribution in [0, 0.1) is 17.8 Å². The van der Waals surface area contributed by atoms with E-state index in [0.717, 1.165) is 50.6 Å². The van der Waals surface area contributed by atoms with E-state index >= 15 is 0 Å². The first kappa shape index (κ1) is 68.9. The molecule has 0 aliphatic carbocycles. The van der Waals surface area contributed by atoms with Crippen molar-refractivity contribution in [2.75, 3.05) is 65.9 Å². The molecule has 8 N–H and O–H groups in total. The topological polar surface area (TPSA) is 322 Å². The van der Waals surface area contributed by atoms with Crippen LogP contribution in [0.25, 0.3) is 0 Å². The number of amides is 4. The molecule has 0 bridgehead atoms. The highest BCUT2D eigenvalue weighted by atomic mass is 16.5. The van der Waals surface area contributed by atoms with Crippen molar-refractivity contribution in [3.63, 3.8) is 0 Å². The van der Waals surface area contributed by atoms with Gasteiger partial charge in [-0.05, 0) is 50.9 Å². The van der Waals surface area contributed by atoms with Gasteiger partial charge in [-0.25, -0.2) is 9.78 Å². The highest BCUT2D eigenvalue weighted by Crippen LogP contribution is 2.24. The van der Waals surface area contributed by atoms with Crippen molar-refractivity contribution in [3.8, 4) is 0 Å². The van der Waals surface area contributed by atoms with E-state index in [0.29, 0.717) is 51.7 Å². The van der Waals surface area contributed by atoms with Gasteiger partial charge in [-0.2, -0.15) is 0 Å². The van der Waals surface area contributed by atoms with E-state index in [-0.39, 0.29) is 148 Å². The Morgan fingerprint density at radius 3 is 1.67 bits per heavy atom. The number of aryl methyl sites for hydroxylation is 1. The minimum atomic E-state index is -1.17. The lowest BCUT2D eigenvalue weighted by molar-refractivity contribution is -0.142. The number of aliphatic carboxylic acids is 2. The quantitative estimate of drug-likeness (QED) is 0.0337. The van der Waals surface area contributed by atoms with Crippen molar-refractivity contribution in [3.05, 3.63) is 18.2 Å². The number of carbonyl (C=O) groups is 9. The number of H-pyrrole nitrogens is 1. The smallest absolute Gasteiger partial charge is 0.326 e. The Morgan fingerprint density at radius 1 is 0.579 bits per heavy atom. The molecule has 0 aliphatic heterocycles. The number of unbranched alkanes of at least 4 members (excludes halogenated alkanes) is 14. The fourth-order valence-electron chi connectivity index (χ4n) is 8.38. The molecule has 1 unspecified atom stereocenters. The SMILES string of the molecule is CC(C)[C@@H](CC(=O)[C@@H](CCCCNC(=O)COCCOCCNC(=O)COCCOCCCC(=O)CCC(NC(=O)CCCCCCCCCCCCCCCCC(=O)O)C(=O)O)CC(=O)CCc1cnc[nH]1)C(N)=O.[HH].[HH]. The molecule has 3 atom stereocenters. The summed E-state index contributed by atoms with van der Waals surface area (Å²) in [5.74, 6) is -4.96. The second-order valence-electron chi connectivity index (χ2n) is 19.9. The van der Waals surface area contributed by atoms with Gasteiger partial charge in [0.05, 0.1) is 39.4 Å². The third kappa shape index (κ3) is 40.2. The molecule has 1 aromatic rings. The van der Waals surface area contributed by atoms with Crippen LogP contribution in [0.3, 0.4) is 0 Å². The number of aromatic amines is 1. The van der Waals surface area contributed by atoms with Crippen molar-refractivity contribution in [1.82, 2.24) is 25.9 Å². The molecule has 0 saturated carbocycles. The number of primary amides is 1. The van der Waals surface area contributed by atoms with E-state index in [9.17, 15) is 48.3 Å². The summed E-state index contributed by atoms with van der Waals surface area (Å²) in [6.45, 7) is 5.21. The Labute approximate surface area is 453 Å². The molecular weight excluding hydrogens is 985 g/mol. The van der Waals surface area contributed by atoms with E-state index in [1.807, 2.05) is 13.8 Å². The minimum absolute atomic E-state index is 0. The molecule has 0 aromatic carbocycles. The van der Waals surface area contributed by atoms with Crippen molar-refractivity contribution in [1.29, 1.82) is 0 Å². The summed E-state index contributed by atoms with van der Waals surface area (Å²) in [5, 5.41) is 26.3. The standard InChI is InChI=1S/C55H94N6O15.2H2/c1-42(2)47(54(56)70)37-49(64)43(36-46(63)25-24-44-38-57-41-60-44)20-17-18-28-58-51(66)39-76-35-33-74-31-29-59-52(67)40-75-34-32-73-30-19-21-45(62)26-27-48(55(71)72)61-50(65)22-15-13-11-9-7-5-3-4-6-8-10-12-14-16-23-53(68)69;;/h38,41-43,47-48H,3-37,39-40H2,1-2H3,(H2,56,70)(H,57,60)(H,58,66)(H,59,67)(H,61,65)(H,68,69)(H,71,72);2*1H/t43-,47+,48?;;/m0../s1. The number of aromatic nitrogens is 2. The second kappa shape index (κ2) is 46.0.